The maximum atomic E-state index is 4.16. The van der Waals surface area contributed by atoms with Gasteiger partial charge < -0.3 is 5.32 Å². The summed E-state index contributed by atoms with van der Waals surface area (Å²) in [7, 11) is 1.92. The number of rotatable bonds is 3. The quantitative estimate of drug-likeness (QED) is 0.693. The maximum Gasteiger partial charge on any atom is 0.115 e. The Morgan fingerprint density at radius 3 is 3.00 bits per heavy atom. The summed E-state index contributed by atoms with van der Waals surface area (Å²) in [6.07, 6.45) is 4.43. The second-order valence-corrected chi connectivity index (χ2v) is 2.38. The normalized spacial score (nSPS) is 10.0. The van der Waals surface area contributed by atoms with Gasteiger partial charge in [0.25, 0.3) is 0 Å². The Morgan fingerprint density at radius 2 is 2.36 bits per heavy atom. The molecule has 0 spiro atoms. The second kappa shape index (κ2) is 4.03. The summed E-state index contributed by atoms with van der Waals surface area (Å²) in [5.41, 5.74) is 2.33. The van der Waals surface area contributed by atoms with Gasteiger partial charge in [0.15, 0.2) is 0 Å². The summed E-state index contributed by atoms with van der Waals surface area (Å²) in [5, 5.41) is 3.08. The van der Waals surface area contributed by atoms with Gasteiger partial charge in [-0.25, -0.2) is 9.97 Å². The van der Waals surface area contributed by atoms with Crippen molar-refractivity contribution in [1.29, 1.82) is 0 Å². The van der Waals surface area contributed by atoms with E-state index in [0.29, 0.717) is 0 Å². The Labute approximate surface area is 66.9 Å². The van der Waals surface area contributed by atoms with E-state index < -0.39 is 0 Å². The van der Waals surface area contributed by atoms with E-state index >= 15 is 0 Å². The van der Waals surface area contributed by atoms with Crippen molar-refractivity contribution < 1.29 is 0 Å². The molecular formula is C8H13N3. The van der Waals surface area contributed by atoms with Crippen LogP contribution in [-0.2, 0) is 13.0 Å². The first-order valence-electron chi connectivity index (χ1n) is 3.80. The summed E-state index contributed by atoms with van der Waals surface area (Å²) in [6, 6.07) is 0. The summed E-state index contributed by atoms with van der Waals surface area (Å²) >= 11 is 0. The van der Waals surface area contributed by atoms with Crippen LogP contribution in [0.15, 0.2) is 12.5 Å². The zero-order valence-electron chi connectivity index (χ0n) is 6.96. The van der Waals surface area contributed by atoms with Crippen LogP contribution in [0.25, 0.3) is 0 Å². The lowest BCUT2D eigenvalue weighted by Gasteiger charge is -2.03. The van der Waals surface area contributed by atoms with Crippen LogP contribution in [0.5, 0.6) is 0 Å². The minimum Gasteiger partial charge on any atom is -0.316 e. The Bertz CT molecular complexity index is 222. The number of nitrogens with one attached hydrogen (secondary N) is 1. The summed E-state index contributed by atoms with van der Waals surface area (Å²) in [6.45, 7) is 2.95. The van der Waals surface area contributed by atoms with Gasteiger partial charge in [-0.2, -0.15) is 0 Å². The monoisotopic (exact) mass is 151 g/mol. The van der Waals surface area contributed by atoms with Crippen molar-refractivity contribution in [3.05, 3.63) is 23.8 Å². The highest BCUT2D eigenvalue weighted by Crippen LogP contribution is 2.02. The molecular weight excluding hydrogens is 138 g/mol. The molecule has 1 aromatic rings. The van der Waals surface area contributed by atoms with E-state index in [1.807, 2.05) is 13.2 Å². The fourth-order valence-electron chi connectivity index (χ4n) is 1.04. The van der Waals surface area contributed by atoms with Gasteiger partial charge in [-0.15, -0.1) is 0 Å². The molecule has 0 aliphatic rings. The highest BCUT2D eigenvalue weighted by Gasteiger charge is 1.98. The molecule has 1 heterocycles. The Morgan fingerprint density at radius 1 is 1.55 bits per heavy atom. The van der Waals surface area contributed by atoms with Gasteiger partial charge >= 0.3 is 0 Å². The van der Waals surface area contributed by atoms with Crippen molar-refractivity contribution in [3.63, 3.8) is 0 Å². The average molecular weight is 151 g/mol. The number of aromatic nitrogens is 2. The lowest BCUT2D eigenvalue weighted by Crippen LogP contribution is -2.08. The summed E-state index contributed by atoms with van der Waals surface area (Å²) in [5.74, 6) is 0. The SMILES string of the molecule is CCc1ncncc1CNC. The largest absolute Gasteiger partial charge is 0.316 e. The van der Waals surface area contributed by atoms with Crippen molar-refractivity contribution in [1.82, 2.24) is 15.3 Å². The second-order valence-electron chi connectivity index (χ2n) is 2.38. The lowest BCUT2D eigenvalue weighted by atomic mass is 10.2. The van der Waals surface area contributed by atoms with Crippen LogP contribution in [0, 0.1) is 0 Å². The summed E-state index contributed by atoms with van der Waals surface area (Å²) < 4.78 is 0. The lowest BCUT2D eigenvalue weighted by molar-refractivity contribution is 0.785. The van der Waals surface area contributed by atoms with Gasteiger partial charge in [0.05, 0.1) is 0 Å². The van der Waals surface area contributed by atoms with Gasteiger partial charge in [-0.05, 0) is 13.5 Å². The van der Waals surface area contributed by atoms with Gasteiger partial charge in [-0.1, -0.05) is 6.92 Å². The average Bonchev–Trinajstić information content (AvgIpc) is 2.06. The van der Waals surface area contributed by atoms with E-state index in [0.717, 1.165) is 18.7 Å². The van der Waals surface area contributed by atoms with E-state index in [4.69, 9.17) is 0 Å². The molecule has 1 N–H and O–H groups in total. The first-order chi connectivity index (χ1) is 5.38. The van der Waals surface area contributed by atoms with E-state index in [2.05, 4.69) is 22.2 Å². The van der Waals surface area contributed by atoms with E-state index in [1.54, 1.807) is 6.33 Å². The smallest absolute Gasteiger partial charge is 0.115 e. The molecule has 0 aliphatic carbocycles. The summed E-state index contributed by atoms with van der Waals surface area (Å²) in [4.78, 5) is 8.13. The van der Waals surface area contributed by atoms with Crippen LogP contribution in [0.4, 0.5) is 0 Å². The predicted molar refractivity (Wildman–Crippen MR) is 44.2 cm³/mol. The molecule has 0 aromatic carbocycles. The van der Waals surface area contributed by atoms with Gasteiger partial charge in [0.1, 0.15) is 6.33 Å². The number of hydrogen-bond donors (Lipinski definition) is 1. The Kier molecular flexibility index (Phi) is 2.98. The highest BCUT2D eigenvalue weighted by atomic mass is 14.9. The van der Waals surface area contributed by atoms with Crippen molar-refractivity contribution in [2.24, 2.45) is 0 Å². The van der Waals surface area contributed by atoms with E-state index in [-0.39, 0.29) is 0 Å². The number of nitrogens with zero attached hydrogens (tertiary/aromatic N) is 2. The molecule has 0 amide bonds. The molecule has 0 fully saturated rings. The van der Waals surface area contributed by atoms with Crippen molar-refractivity contribution in [2.45, 2.75) is 19.9 Å². The van der Waals surface area contributed by atoms with Gasteiger partial charge in [0.2, 0.25) is 0 Å². The molecule has 3 heteroatoms. The maximum absolute atomic E-state index is 4.16. The van der Waals surface area contributed by atoms with Crippen LogP contribution >= 0.6 is 0 Å². The van der Waals surface area contributed by atoms with Gasteiger partial charge in [-0.3, -0.25) is 0 Å². The third kappa shape index (κ3) is 1.98. The standard InChI is InChI=1S/C8H13N3/c1-3-8-7(4-9-2)5-10-6-11-8/h5-6,9H,3-4H2,1-2H3. The van der Waals surface area contributed by atoms with Crippen molar-refractivity contribution in [3.8, 4) is 0 Å². The third-order valence-corrected chi connectivity index (χ3v) is 1.58. The zero-order valence-corrected chi connectivity index (χ0v) is 6.96. The minimum atomic E-state index is 0.851. The Balaban J connectivity index is 2.83. The molecule has 0 saturated carbocycles. The molecule has 60 valence electrons. The molecule has 0 unspecified atom stereocenters. The van der Waals surface area contributed by atoms with Crippen LogP contribution < -0.4 is 5.32 Å². The fourth-order valence-corrected chi connectivity index (χ4v) is 1.04. The fraction of sp³-hybridized carbons (Fsp3) is 0.500. The van der Waals surface area contributed by atoms with Crippen molar-refractivity contribution in [2.75, 3.05) is 7.05 Å². The molecule has 1 aromatic heterocycles. The van der Waals surface area contributed by atoms with Crippen LogP contribution in [-0.4, -0.2) is 17.0 Å². The molecule has 3 nitrogen and oxygen atoms in total. The predicted octanol–water partition coefficient (Wildman–Crippen LogP) is 0.758. The molecule has 0 radical (unpaired) electrons. The molecule has 0 bridgehead atoms. The number of aryl methyl sites for hydroxylation is 1. The van der Waals surface area contributed by atoms with Crippen LogP contribution in [0.3, 0.4) is 0 Å². The van der Waals surface area contributed by atoms with Crippen LogP contribution in [0.1, 0.15) is 18.2 Å². The van der Waals surface area contributed by atoms with Crippen molar-refractivity contribution >= 4 is 0 Å². The number of hydrogen-bond acceptors (Lipinski definition) is 3. The molecule has 0 atom stereocenters. The molecule has 11 heavy (non-hydrogen) atoms. The van der Waals surface area contributed by atoms with E-state index in [1.165, 1.54) is 5.56 Å². The Hall–Kier alpha value is -0.960. The highest BCUT2D eigenvalue weighted by molar-refractivity contribution is 5.15. The van der Waals surface area contributed by atoms with Crippen LogP contribution in [0.2, 0.25) is 0 Å². The zero-order chi connectivity index (χ0) is 8.10. The first kappa shape index (κ1) is 8.14. The first-order valence-corrected chi connectivity index (χ1v) is 3.80. The third-order valence-electron chi connectivity index (χ3n) is 1.58. The molecule has 0 aliphatic heterocycles. The molecule has 0 saturated heterocycles. The minimum absolute atomic E-state index is 0.851. The van der Waals surface area contributed by atoms with Gasteiger partial charge in [0, 0.05) is 24.0 Å². The van der Waals surface area contributed by atoms with E-state index in [9.17, 15) is 0 Å². The molecule has 1 rings (SSSR count). The topological polar surface area (TPSA) is 37.8 Å².